The number of rotatable bonds is 5. The molecule has 1 heterocycles. The highest BCUT2D eigenvalue weighted by Gasteiger charge is 2.28. The molecule has 8 heteroatoms. The van der Waals surface area contributed by atoms with Gasteiger partial charge in [-0.05, 0) is 23.0 Å². The molecule has 0 radical (unpaired) electrons. The van der Waals surface area contributed by atoms with Gasteiger partial charge in [-0.3, -0.25) is 4.68 Å². The first-order valence-corrected chi connectivity index (χ1v) is 5.63. The first-order chi connectivity index (χ1) is 7.85. The highest BCUT2D eigenvalue weighted by atomic mass is 79.9. The predicted octanol–water partition coefficient (Wildman–Crippen LogP) is 2.02. The van der Waals surface area contributed by atoms with Crippen molar-refractivity contribution in [2.24, 2.45) is 7.05 Å². The molecule has 0 aliphatic rings. The van der Waals surface area contributed by atoms with Gasteiger partial charge in [-0.15, -0.1) is 0 Å². The maximum Gasteiger partial charge on any atom is 0.411 e. The highest BCUT2D eigenvalue weighted by Crippen LogP contribution is 2.23. The summed E-state index contributed by atoms with van der Waals surface area (Å²) in [6, 6.07) is -0.348. The molecule has 0 amide bonds. The minimum Gasteiger partial charge on any atom is -0.370 e. The van der Waals surface area contributed by atoms with Crippen LogP contribution in [0.1, 0.15) is 11.7 Å². The van der Waals surface area contributed by atoms with Crippen molar-refractivity contribution in [3.8, 4) is 0 Å². The lowest BCUT2D eigenvalue weighted by molar-refractivity contribution is -0.175. The van der Waals surface area contributed by atoms with Crippen molar-refractivity contribution in [3.05, 3.63) is 16.4 Å². The number of ether oxygens (including phenoxy) is 1. The lowest BCUT2D eigenvalue weighted by Gasteiger charge is -2.18. The fraction of sp³-hybridized carbons (Fsp3) is 0.667. The Labute approximate surface area is 105 Å². The number of nitrogens with one attached hydrogen (secondary N) is 1. The van der Waals surface area contributed by atoms with Crippen molar-refractivity contribution in [1.29, 1.82) is 0 Å². The Bertz CT molecular complexity index is 347. The Morgan fingerprint density at radius 2 is 2.24 bits per heavy atom. The molecule has 0 aromatic carbocycles. The van der Waals surface area contributed by atoms with Crippen LogP contribution in [0.4, 0.5) is 13.2 Å². The zero-order valence-corrected chi connectivity index (χ0v) is 11.0. The maximum atomic E-state index is 11.9. The van der Waals surface area contributed by atoms with Gasteiger partial charge in [-0.25, -0.2) is 0 Å². The van der Waals surface area contributed by atoms with Crippen LogP contribution in [0, 0.1) is 0 Å². The third-order valence-corrected chi connectivity index (χ3v) is 2.78. The van der Waals surface area contributed by atoms with Gasteiger partial charge in [0.15, 0.2) is 0 Å². The summed E-state index contributed by atoms with van der Waals surface area (Å²) >= 11 is 3.29. The van der Waals surface area contributed by atoms with Crippen LogP contribution in [-0.4, -0.2) is 36.2 Å². The van der Waals surface area contributed by atoms with Crippen LogP contribution in [0.3, 0.4) is 0 Å². The third-order valence-electron chi connectivity index (χ3n) is 2.17. The minimum atomic E-state index is -4.30. The standard InChI is InChI=1S/C9H13BrF3N3O/c1-14-7(4-17-5-9(11,12)13)8-6(10)3-15-16(8)2/h3,7,14H,4-5H2,1-2H3. The van der Waals surface area contributed by atoms with E-state index in [0.29, 0.717) is 0 Å². The van der Waals surface area contributed by atoms with E-state index < -0.39 is 12.8 Å². The Hall–Kier alpha value is -0.600. The van der Waals surface area contributed by atoms with Gasteiger partial charge in [0.2, 0.25) is 0 Å². The summed E-state index contributed by atoms with van der Waals surface area (Å²) < 4.78 is 42.8. The van der Waals surface area contributed by atoms with Crippen LogP contribution < -0.4 is 5.32 Å². The Balaban J connectivity index is 2.61. The van der Waals surface area contributed by atoms with Crippen LogP contribution in [-0.2, 0) is 11.8 Å². The summed E-state index contributed by atoms with van der Waals surface area (Å²) in [6.45, 7) is -1.32. The molecule has 1 atom stereocenters. The van der Waals surface area contributed by atoms with Crippen LogP contribution in [0.5, 0.6) is 0 Å². The minimum absolute atomic E-state index is 0.0753. The van der Waals surface area contributed by atoms with Crippen molar-refractivity contribution >= 4 is 15.9 Å². The number of nitrogens with zero attached hydrogens (tertiary/aromatic N) is 2. The highest BCUT2D eigenvalue weighted by molar-refractivity contribution is 9.10. The number of alkyl halides is 3. The van der Waals surface area contributed by atoms with Crippen molar-refractivity contribution in [2.75, 3.05) is 20.3 Å². The number of hydrogen-bond donors (Lipinski definition) is 1. The van der Waals surface area contributed by atoms with Crippen molar-refractivity contribution < 1.29 is 17.9 Å². The smallest absolute Gasteiger partial charge is 0.370 e. The summed E-state index contributed by atoms with van der Waals surface area (Å²) in [5.41, 5.74) is 0.745. The molecule has 1 unspecified atom stereocenters. The summed E-state index contributed by atoms with van der Waals surface area (Å²) in [5.74, 6) is 0. The average molecular weight is 316 g/mol. The molecule has 0 saturated carbocycles. The summed E-state index contributed by atoms with van der Waals surface area (Å²) in [5, 5.41) is 6.88. The second-order valence-electron chi connectivity index (χ2n) is 3.47. The van der Waals surface area contributed by atoms with Gasteiger partial charge in [0.25, 0.3) is 0 Å². The zero-order valence-electron chi connectivity index (χ0n) is 9.38. The Morgan fingerprint density at radius 1 is 1.59 bits per heavy atom. The molecule has 0 aliphatic heterocycles. The molecular formula is C9H13BrF3N3O. The van der Waals surface area contributed by atoms with E-state index >= 15 is 0 Å². The summed E-state index contributed by atoms with van der Waals surface area (Å²) in [4.78, 5) is 0. The first-order valence-electron chi connectivity index (χ1n) is 4.84. The molecule has 0 fully saturated rings. The number of aromatic nitrogens is 2. The van der Waals surface area contributed by atoms with Crippen LogP contribution in [0.15, 0.2) is 10.7 Å². The van der Waals surface area contributed by atoms with Gasteiger partial charge in [-0.2, -0.15) is 18.3 Å². The van der Waals surface area contributed by atoms with Gasteiger partial charge in [0.1, 0.15) is 6.61 Å². The number of aryl methyl sites for hydroxylation is 1. The molecule has 4 nitrogen and oxygen atoms in total. The fourth-order valence-electron chi connectivity index (χ4n) is 1.40. The van der Waals surface area contributed by atoms with Crippen LogP contribution >= 0.6 is 15.9 Å². The van der Waals surface area contributed by atoms with Crippen molar-refractivity contribution in [3.63, 3.8) is 0 Å². The Morgan fingerprint density at radius 3 is 2.65 bits per heavy atom. The summed E-state index contributed by atoms with van der Waals surface area (Å²) in [7, 11) is 3.37. The molecular weight excluding hydrogens is 303 g/mol. The van der Waals surface area contributed by atoms with E-state index in [0.717, 1.165) is 10.2 Å². The molecule has 1 N–H and O–H groups in total. The van der Waals surface area contributed by atoms with E-state index in [2.05, 4.69) is 31.1 Å². The molecule has 0 aliphatic carbocycles. The SMILES string of the molecule is CNC(COCC(F)(F)F)c1c(Br)cnn1C. The molecule has 1 aromatic rings. The van der Waals surface area contributed by atoms with Gasteiger partial charge in [-0.1, -0.05) is 0 Å². The lowest BCUT2D eigenvalue weighted by atomic mass is 10.2. The molecule has 1 aromatic heterocycles. The van der Waals surface area contributed by atoms with E-state index in [1.165, 1.54) is 0 Å². The number of likely N-dealkylation sites (N-methyl/N-ethyl adjacent to an activating group) is 1. The van der Waals surface area contributed by atoms with Crippen molar-refractivity contribution in [2.45, 2.75) is 12.2 Å². The predicted molar refractivity (Wildman–Crippen MR) is 59.6 cm³/mol. The third kappa shape index (κ3) is 4.29. The van der Waals surface area contributed by atoms with Gasteiger partial charge < -0.3 is 10.1 Å². The Kier molecular flexibility index (Phi) is 4.96. The fourth-order valence-corrected chi connectivity index (χ4v) is 2.03. The average Bonchev–Trinajstić information content (AvgIpc) is 2.53. The van der Waals surface area contributed by atoms with Gasteiger partial charge in [0.05, 0.1) is 29.0 Å². The molecule has 0 saturated heterocycles. The van der Waals surface area contributed by atoms with Gasteiger partial charge >= 0.3 is 6.18 Å². The molecule has 17 heavy (non-hydrogen) atoms. The molecule has 98 valence electrons. The topological polar surface area (TPSA) is 39.1 Å². The van der Waals surface area contributed by atoms with E-state index in [1.54, 1.807) is 25.0 Å². The van der Waals surface area contributed by atoms with E-state index in [4.69, 9.17) is 0 Å². The lowest BCUT2D eigenvalue weighted by Crippen LogP contribution is -2.27. The summed E-state index contributed by atoms with van der Waals surface area (Å²) in [6.07, 6.45) is -2.72. The second-order valence-corrected chi connectivity index (χ2v) is 4.33. The van der Waals surface area contributed by atoms with Crippen molar-refractivity contribution in [1.82, 2.24) is 15.1 Å². The van der Waals surface area contributed by atoms with Crippen LogP contribution in [0.25, 0.3) is 0 Å². The normalized spacial score (nSPS) is 14.0. The number of hydrogen-bond acceptors (Lipinski definition) is 3. The van der Waals surface area contributed by atoms with Crippen LogP contribution in [0.2, 0.25) is 0 Å². The van der Waals surface area contributed by atoms with E-state index in [1.807, 2.05) is 0 Å². The van der Waals surface area contributed by atoms with E-state index in [-0.39, 0.29) is 12.6 Å². The molecule has 0 spiro atoms. The quantitative estimate of drug-likeness (QED) is 0.903. The zero-order chi connectivity index (χ0) is 13.1. The second kappa shape index (κ2) is 5.83. The maximum absolute atomic E-state index is 11.9. The first kappa shape index (κ1) is 14.5. The van der Waals surface area contributed by atoms with E-state index in [9.17, 15) is 13.2 Å². The van der Waals surface area contributed by atoms with Gasteiger partial charge in [0, 0.05) is 7.05 Å². The molecule has 0 bridgehead atoms. The molecule has 1 rings (SSSR count). The monoisotopic (exact) mass is 315 g/mol. The largest absolute Gasteiger partial charge is 0.411 e. The number of halogens is 4.